The van der Waals surface area contributed by atoms with E-state index in [1.807, 2.05) is 0 Å². The SMILES string of the molecule is CCOC(=O)C(F)(C(=O)c1ccc(C)cc1)C(=O)c1ccc(C)cc1. The van der Waals surface area contributed by atoms with Gasteiger partial charge in [-0.1, -0.05) is 59.7 Å². The molecule has 5 heteroatoms. The second-order valence-electron chi connectivity index (χ2n) is 5.77. The average molecular weight is 342 g/mol. The molecule has 0 heterocycles. The van der Waals surface area contributed by atoms with Gasteiger partial charge >= 0.3 is 11.6 Å². The molecule has 130 valence electrons. The van der Waals surface area contributed by atoms with Gasteiger partial charge in [-0.25, -0.2) is 9.18 Å². The summed E-state index contributed by atoms with van der Waals surface area (Å²) >= 11 is 0. The molecule has 0 saturated heterocycles. The van der Waals surface area contributed by atoms with Gasteiger partial charge in [0, 0.05) is 11.1 Å². The van der Waals surface area contributed by atoms with Crippen LogP contribution in [0.4, 0.5) is 4.39 Å². The van der Waals surface area contributed by atoms with Crippen molar-refractivity contribution in [3.05, 3.63) is 70.8 Å². The van der Waals surface area contributed by atoms with Gasteiger partial charge < -0.3 is 4.74 Å². The van der Waals surface area contributed by atoms with Gasteiger partial charge in [0.2, 0.25) is 11.6 Å². The van der Waals surface area contributed by atoms with E-state index in [2.05, 4.69) is 4.74 Å². The maximum absolute atomic E-state index is 15.6. The summed E-state index contributed by atoms with van der Waals surface area (Å²) in [7, 11) is 0. The zero-order valence-electron chi connectivity index (χ0n) is 14.3. The van der Waals surface area contributed by atoms with E-state index in [1.54, 1.807) is 38.1 Å². The van der Waals surface area contributed by atoms with Gasteiger partial charge in [0.1, 0.15) is 0 Å². The Morgan fingerprint density at radius 3 is 1.52 bits per heavy atom. The first-order chi connectivity index (χ1) is 11.8. The molecule has 2 aromatic carbocycles. The highest BCUT2D eigenvalue weighted by Crippen LogP contribution is 2.26. The maximum atomic E-state index is 15.6. The molecule has 4 nitrogen and oxygen atoms in total. The van der Waals surface area contributed by atoms with Crippen LogP contribution in [0.3, 0.4) is 0 Å². The number of carbonyl (C=O) groups is 3. The molecule has 0 aliphatic rings. The molecule has 25 heavy (non-hydrogen) atoms. The summed E-state index contributed by atoms with van der Waals surface area (Å²) in [5, 5.41) is 0. The van der Waals surface area contributed by atoms with Gasteiger partial charge in [-0.05, 0) is 20.8 Å². The number of benzene rings is 2. The Morgan fingerprint density at radius 2 is 1.20 bits per heavy atom. The van der Waals surface area contributed by atoms with Crippen molar-refractivity contribution in [1.82, 2.24) is 0 Å². The van der Waals surface area contributed by atoms with E-state index in [0.29, 0.717) is 0 Å². The van der Waals surface area contributed by atoms with Crippen molar-refractivity contribution in [3.8, 4) is 0 Å². The second-order valence-corrected chi connectivity index (χ2v) is 5.77. The smallest absolute Gasteiger partial charge is 0.360 e. The molecular formula is C20H19FO4. The number of carbonyl (C=O) groups excluding carboxylic acids is 3. The third kappa shape index (κ3) is 3.65. The fourth-order valence-corrected chi connectivity index (χ4v) is 2.33. The molecule has 0 saturated carbocycles. The Balaban J connectivity index is 2.51. The summed E-state index contributed by atoms with van der Waals surface area (Å²) in [6.07, 6.45) is 0. The molecule has 0 N–H and O–H groups in total. The van der Waals surface area contributed by atoms with Crippen LogP contribution in [-0.2, 0) is 9.53 Å². The molecule has 0 aliphatic heterocycles. The van der Waals surface area contributed by atoms with Gasteiger partial charge in [0.05, 0.1) is 6.61 Å². The predicted octanol–water partition coefficient (Wildman–Crippen LogP) is 3.64. The van der Waals surface area contributed by atoms with Crippen molar-refractivity contribution in [2.24, 2.45) is 0 Å². The average Bonchev–Trinajstić information content (AvgIpc) is 2.61. The lowest BCUT2D eigenvalue weighted by Crippen LogP contribution is -2.50. The Labute approximate surface area is 145 Å². The minimum atomic E-state index is -3.42. The van der Waals surface area contributed by atoms with Crippen molar-refractivity contribution >= 4 is 17.5 Å². The first-order valence-electron chi connectivity index (χ1n) is 7.89. The van der Waals surface area contributed by atoms with E-state index in [9.17, 15) is 14.4 Å². The van der Waals surface area contributed by atoms with Gasteiger partial charge in [-0.15, -0.1) is 0 Å². The van der Waals surface area contributed by atoms with Crippen LogP contribution in [0.1, 0.15) is 38.8 Å². The quantitative estimate of drug-likeness (QED) is 0.457. The first kappa shape index (κ1) is 18.5. The lowest BCUT2D eigenvalue weighted by atomic mass is 9.86. The summed E-state index contributed by atoms with van der Waals surface area (Å²) in [6.45, 7) is 4.94. The van der Waals surface area contributed by atoms with Gasteiger partial charge in [-0.3, -0.25) is 9.59 Å². The number of halogens is 1. The van der Waals surface area contributed by atoms with E-state index in [0.717, 1.165) is 11.1 Å². The van der Waals surface area contributed by atoms with E-state index < -0.39 is 23.2 Å². The van der Waals surface area contributed by atoms with Crippen LogP contribution in [-0.4, -0.2) is 29.8 Å². The number of aryl methyl sites for hydroxylation is 2. The van der Waals surface area contributed by atoms with Crippen LogP contribution in [0.2, 0.25) is 0 Å². The summed E-state index contributed by atoms with van der Waals surface area (Å²) in [5.74, 6) is -3.95. The van der Waals surface area contributed by atoms with E-state index in [1.165, 1.54) is 31.2 Å². The third-order valence-corrected chi connectivity index (χ3v) is 3.81. The second kappa shape index (κ2) is 7.38. The molecule has 0 radical (unpaired) electrons. The Hall–Kier alpha value is -2.82. The highest BCUT2D eigenvalue weighted by Gasteiger charge is 2.55. The van der Waals surface area contributed by atoms with Crippen molar-refractivity contribution in [1.29, 1.82) is 0 Å². The van der Waals surface area contributed by atoms with Crippen LogP contribution >= 0.6 is 0 Å². The fraction of sp³-hybridized carbons (Fsp3) is 0.250. The van der Waals surface area contributed by atoms with Gasteiger partial charge in [-0.2, -0.15) is 0 Å². The van der Waals surface area contributed by atoms with Crippen LogP contribution in [0.15, 0.2) is 48.5 Å². The molecule has 0 spiro atoms. The fourth-order valence-electron chi connectivity index (χ4n) is 2.33. The normalized spacial score (nSPS) is 11.0. The lowest BCUT2D eigenvalue weighted by molar-refractivity contribution is -0.150. The lowest BCUT2D eigenvalue weighted by Gasteiger charge is -2.21. The maximum Gasteiger partial charge on any atom is 0.360 e. The monoisotopic (exact) mass is 342 g/mol. The minimum absolute atomic E-state index is 0.0679. The number of hydrogen-bond acceptors (Lipinski definition) is 4. The number of alkyl halides is 1. The molecule has 0 aromatic heterocycles. The molecule has 0 aliphatic carbocycles. The summed E-state index contributed by atoms with van der Waals surface area (Å²) in [6, 6.07) is 12.0. The van der Waals surface area contributed by atoms with Crippen molar-refractivity contribution < 1.29 is 23.5 Å². The molecule has 0 atom stereocenters. The number of esters is 1. The van der Waals surface area contributed by atoms with Gasteiger partial charge in [0.15, 0.2) is 0 Å². The number of rotatable bonds is 6. The number of hydrogen-bond donors (Lipinski definition) is 0. The number of Topliss-reactive ketones (excluding diaryl/α,β-unsaturated/α-hetero) is 2. The van der Waals surface area contributed by atoms with Crippen molar-refractivity contribution in [2.45, 2.75) is 26.4 Å². The Bertz CT molecular complexity index is 734. The molecule has 2 aromatic rings. The third-order valence-electron chi connectivity index (χ3n) is 3.81. The van der Waals surface area contributed by atoms with Crippen molar-refractivity contribution in [3.63, 3.8) is 0 Å². The summed E-state index contributed by atoms with van der Waals surface area (Å²) in [4.78, 5) is 37.5. The van der Waals surface area contributed by atoms with E-state index in [4.69, 9.17) is 0 Å². The van der Waals surface area contributed by atoms with Crippen LogP contribution in [0.5, 0.6) is 0 Å². The highest BCUT2D eigenvalue weighted by atomic mass is 19.1. The molecule has 2 rings (SSSR count). The minimum Gasteiger partial charge on any atom is -0.463 e. The Morgan fingerprint density at radius 1 is 0.840 bits per heavy atom. The summed E-state index contributed by atoms with van der Waals surface area (Å²) < 4.78 is 20.2. The molecule has 0 unspecified atom stereocenters. The summed E-state index contributed by atoms with van der Waals surface area (Å²) in [5.41, 5.74) is -1.83. The molecule has 0 fully saturated rings. The van der Waals surface area contributed by atoms with Crippen molar-refractivity contribution in [2.75, 3.05) is 6.61 Å². The van der Waals surface area contributed by atoms with Crippen LogP contribution in [0, 0.1) is 13.8 Å². The van der Waals surface area contributed by atoms with Crippen LogP contribution < -0.4 is 0 Å². The zero-order chi connectivity index (χ0) is 18.6. The molecule has 0 bridgehead atoms. The highest BCUT2D eigenvalue weighted by molar-refractivity contribution is 6.34. The molecule has 0 amide bonds. The Kier molecular flexibility index (Phi) is 5.47. The largest absolute Gasteiger partial charge is 0.463 e. The van der Waals surface area contributed by atoms with Crippen LogP contribution in [0.25, 0.3) is 0 Å². The first-order valence-corrected chi connectivity index (χ1v) is 7.89. The number of ketones is 2. The van der Waals surface area contributed by atoms with E-state index in [-0.39, 0.29) is 17.7 Å². The number of ether oxygens (including phenoxy) is 1. The molecular weight excluding hydrogens is 323 g/mol. The van der Waals surface area contributed by atoms with E-state index >= 15 is 4.39 Å². The van der Waals surface area contributed by atoms with Gasteiger partial charge in [0.25, 0.3) is 0 Å². The standard InChI is InChI=1S/C20H19FO4/c1-4-25-19(24)20(21,17(22)15-9-5-13(2)6-10-15)18(23)16-11-7-14(3)8-12-16/h5-12H,4H2,1-3H3. The zero-order valence-corrected chi connectivity index (χ0v) is 14.3. The predicted molar refractivity (Wildman–Crippen MR) is 91.5 cm³/mol. The topological polar surface area (TPSA) is 60.4 Å².